The van der Waals surface area contributed by atoms with Gasteiger partial charge in [-0.1, -0.05) is 24.0 Å². The van der Waals surface area contributed by atoms with Crippen LogP contribution in [0, 0.1) is 0 Å². The van der Waals surface area contributed by atoms with Crippen LogP contribution < -0.4 is 4.74 Å². The minimum atomic E-state index is -4.19. The molecule has 1 aromatic rings. The van der Waals surface area contributed by atoms with E-state index in [1.54, 1.807) is 18.2 Å². The molecule has 11 heteroatoms. The number of ether oxygens (including phenoxy) is 1. The second-order valence-corrected chi connectivity index (χ2v) is 8.78. The van der Waals surface area contributed by atoms with Crippen molar-refractivity contribution in [1.82, 2.24) is 4.90 Å². The maximum atomic E-state index is 12.3. The molecule has 2 rings (SSSR count). The van der Waals surface area contributed by atoms with Crippen LogP contribution >= 0.6 is 39.9 Å². The first-order valence-electron chi connectivity index (χ1n) is 6.39. The molecule has 1 fully saturated rings. The molecule has 0 atom stereocenters. The summed E-state index contributed by atoms with van der Waals surface area (Å²) >= 11 is 9.29. The molecule has 1 aliphatic heterocycles. The summed E-state index contributed by atoms with van der Waals surface area (Å²) in [5.41, 5.74) is 0.590. The number of thiocarbonyl (C=S) groups is 1. The molecule has 0 aliphatic carbocycles. The summed E-state index contributed by atoms with van der Waals surface area (Å²) < 4.78 is 36.1. The first-order chi connectivity index (χ1) is 11.1. The van der Waals surface area contributed by atoms with Gasteiger partial charge in [0.05, 0.1) is 22.2 Å². The Morgan fingerprint density at radius 1 is 1.46 bits per heavy atom. The summed E-state index contributed by atoms with van der Waals surface area (Å²) in [4.78, 5) is 13.7. The molecule has 2 N–H and O–H groups in total. The number of hydrogen-bond acceptors (Lipinski definition) is 7. The van der Waals surface area contributed by atoms with Gasteiger partial charge >= 0.3 is 0 Å². The predicted octanol–water partition coefficient (Wildman–Crippen LogP) is 2.25. The molecule has 0 spiro atoms. The van der Waals surface area contributed by atoms with Gasteiger partial charge in [-0.05, 0) is 39.7 Å². The second-order valence-electron chi connectivity index (χ2n) is 4.67. The molecule has 0 aromatic heterocycles. The molecule has 7 nitrogen and oxygen atoms in total. The van der Waals surface area contributed by atoms with Crippen molar-refractivity contribution in [2.24, 2.45) is 0 Å². The van der Waals surface area contributed by atoms with Crippen LogP contribution in [0.3, 0.4) is 0 Å². The van der Waals surface area contributed by atoms with Crippen LogP contribution in [0.15, 0.2) is 21.5 Å². The average molecular weight is 454 g/mol. The van der Waals surface area contributed by atoms with Gasteiger partial charge in [-0.2, -0.15) is 8.42 Å². The van der Waals surface area contributed by atoms with Crippen molar-refractivity contribution < 1.29 is 27.6 Å². The third-order valence-electron chi connectivity index (χ3n) is 3.01. The highest BCUT2D eigenvalue weighted by molar-refractivity contribution is 9.10. The third-order valence-corrected chi connectivity index (χ3v) is 5.70. The van der Waals surface area contributed by atoms with Crippen molar-refractivity contribution >= 4 is 66.3 Å². The number of benzene rings is 1. The smallest absolute Gasteiger partial charge is 0.266 e. The number of nitrogens with zero attached hydrogens (tertiary/aromatic N) is 1. The maximum Gasteiger partial charge on any atom is 0.266 e. The summed E-state index contributed by atoms with van der Waals surface area (Å²) in [6.45, 7) is -0.219. The van der Waals surface area contributed by atoms with E-state index in [2.05, 4.69) is 15.9 Å². The molecule has 1 heterocycles. The van der Waals surface area contributed by atoms with Crippen molar-refractivity contribution in [2.45, 2.75) is 0 Å². The Balaban J connectivity index is 2.27. The molecule has 1 amide bonds. The van der Waals surface area contributed by atoms with Gasteiger partial charge in [0.15, 0.2) is 11.5 Å². The Morgan fingerprint density at radius 3 is 2.71 bits per heavy atom. The fourth-order valence-electron chi connectivity index (χ4n) is 1.88. The van der Waals surface area contributed by atoms with E-state index in [0.717, 1.165) is 16.7 Å². The van der Waals surface area contributed by atoms with Crippen molar-refractivity contribution in [2.75, 3.05) is 19.4 Å². The lowest BCUT2D eigenvalue weighted by atomic mass is 10.2. The zero-order valence-corrected chi connectivity index (χ0v) is 16.3. The van der Waals surface area contributed by atoms with Gasteiger partial charge < -0.3 is 9.84 Å². The van der Waals surface area contributed by atoms with Crippen molar-refractivity contribution in [3.8, 4) is 11.5 Å². The normalized spacial score (nSPS) is 17.0. The molecule has 1 saturated heterocycles. The minimum absolute atomic E-state index is 0.0599. The number of carbonyl (C=O) groups is 1. The molecule has 1 aromatic carbocycles. The third kappa shape index (κ3) is 4.48. The highest BCUT2D eigenvalue weighted by atomic mass is 79.9. The summed E-state index contributed by atoms with van der Waals surface area (Å²) in [6, 6.07) is 3.15. The number of phenolic OH excluding ortho intramolecular Hbond substituents is 1. The average Bonchev–Trinajstić information content (AvgIpc) is 2.74. The Labute approximate surface area is 156 Å². The standard InChI is InChI=1S/C13H12BrNO6S3/c1-21-9-5-7(4-8(14)11(9)16)6-10-12(17)15(13(22)23-10)2-3-24(18,19)20/h4-6,16H,2-3H2,1H3,(H,18,19,20). The van der Waals surface area contributed by atoms with E-state index in [1.165, 1.54) is 7.11 Å². The summed E-state index contributed by atoms with van der Waals surface area (Å²) in [7, 11) is -2.78. The number of aromatic hydroxyl groups is 1. The van der Waals surface area contributed by atoms with Gasteiger partial charge in [0.25, 0.3) is 16.0 Å². The first kappa shape index (κ1) is 19.2. The molecule has 0 saturated carbocycles. The van der Waals surface area contributed by atoms with Gasteiger partial charge in [0.1, 0.15) is 4.32 Å². The van der Waals surface area contributed by atoms with E-state index in [9.17, 15) is 18.3 Å². The lowest BCUT2D eigenvalue weighted by Gasteiger charge is -2.12. The lowest BCUT2D eigenvalue weighted by Crippen LogP contribution is -2.32. The zero-order chi connectivity index (χ0) is 18.1. The van der Waals surface area contributed by atoms with Gasteiger partial charge in [-0.25, -0.2) is 0 Å². The van der Waals surface area contributed by atoms with Crippen LogP contribution in [-0.4, -0.2) is 52.6 Å². The number of phenols is 1. The first-order valence-corrected chi connectivity index (χ1v) is 10.0. The van der Waals surface area contributed by atoms with Crippen LogP contribution in [0.4, 0.5) is 0 Å². The zero-order valence-electron chi connectivity index (χ0n) is 12.2. The van der Waals surface area contributed by atoms with Gasteiger partial charge in [-0.15, -0.1) is 0 Å². The minimum Gasteiger partial charge on any atom is -0.503 e. The Morgan fingerprint density at radius 2 is 2.12 bits per heavy atom. The number of halogens is 1. The van der Waals surface area contributed by atoms with E-state index in [4.69, 9.17) is 21.5 Å². The summed E-state index contributed by atoms with van der Waals surface area (Å²) in [5, 5.41) is 9.79. The maximum absolute atomic E-state index is 12.3. The Bertz CT molecular complexity index is 836. The number of hydrogen-bond donors (Lipinski definition) is 2. The fraction of sp³-hybridized carbons (Fsp3) is 0.231. The number of thioether (sulfide) groups is 1. The number of methoxy groups -OCH3 is 1. The number of amides is 1. The van der Waals surface area contributed by atoms with Crippen LogP contribution in [0.1, 0.15) is 5.56 Å². The quantitative estimate of drug-likeness (QED) is 0.397. The molecular formula is C13H12BrNO6S3. The van der Waals surface area contributed by atoms with Crippen LogP contribution in [0.5, 0.6) is 11.5 Å². The van der Waals surface area contributed by atoms with Crippen molar-refractivity contribution in [3.05, 3.63) is 27.1 Å². The van der Waals surface area contributed by atoms with E-state index < -0.39 is 21.8 Å². The SMILES string of the molecule is COc1cc(C=C2SC(=S)N(CCS(=O)(=O)O)C2=O)cc(Br)c1O. The summed E-state index contributed by atoms with van der Waals surface area (Å²) in [5.74, 6) is -0.865. The predicted molar refractivity (Wildman–Crippen MR) is 98.7 cm³/mol. The largest absolute Gasteiger partial charge is 0.503 e. The van der Waals surface area contributed by atoms with Crippen LogP contribution in [-0.2, 0) is 14.9 Å². The van der Waals surface area contributed by atoms with Gasteiger partial charge in [0.2, 0.25) is 0 Å². The van der Waals surface area contributed by atoms with E-state index in [0.29, 0.717) is 14.9 Å². The van der Waals surface area contributed by atoms with E-state index in [-0.39, 0.29) is 22.4 Å². The van der Waals surface area contributed by atoms with E-state index in [1.807, 2.05) is 0 Å². The Hall–Kier alpha value is -1.14. The second kappa shape index (κ2) is 7.40. The fourth-order valence-corrected chi connectivity index (χ4v) is 4.07. The number of carbonyl (C=O) groups excluding carboxylic acids is 1. The highest BCUT2D eigenvalue weighted by Gasteiger charge is 2.32. The van der Waals surface area contributed by atoms with E-state index >= 15 is 0 Å². The van der Waals surface area contributed by atoms with Crippen molar-refractivity contribution in [1.29, 1.82) is 0 Å². The van der Waals surface area contributed by atoms with Gasteiger partial charge in [0, 0.05) is 6.54 Å². The Kier molecular flexibility index (Phi) is 5.91. The monoisotopic (exact) mass is 453 g/mol. The van der Waals surface area contributed by atoms with Crippen molar-refractivity contribution in [3.63, 3.8) is 0 Å². The molecule has 0 bridgehead atoms. The summed E-state index contributed by atoms with van der Waals surface area (Å²) in [6.07, 6.45) is 1.56. The van der Waals surface area contributed by atoms with Crippen LogP contribution in [0.2, 0.25) is 0 Å². The molecule has 0 radical (unpaired) electrons. The lowest BCUT2D eigenvalue weighted by molar-refractivity contribution is -0.121. The molecule has 24 heavy (non-hydrogen) atoms. The highest BCUT2D eigenvalue weighted by Crippen LogP contribution is 2.38. The molecule has 1 aliphatic rings. The molecule has 0 unspecified atom stereocenters. The molecular weight excluding hydrogens is 442 g/mol. The van der Waals surface area contributed by atoms with Gasteiger partial charge in [-0.3, -0.25) is 14.2 Å². The molecule has 130 valence electrons. The van der Waals surface area contributed by atoms with Crippen LogP contribution in [0.25, 0.3) is 6.08 Å². The topological polar surface area (TPSA) is 104 Å². The number of rotatable bonds is 5.